The van der Waals surface area contributed by atoms with E-state index < -0.39 is 0 Å². The van der Waals surface area contributed by atoms with E-state index in [-0.39, 0.29) is 17.3 Å². The van der Waals surface area contributed by atoms with Gasteiger partial charge in [0.15, 0.2) is 0 Å². The number of ether oxygens (including phenoxy) is 1. The molecule has 2 nitrogen and oxygen atoms in total. The first-order valence-electron chi connectivity index (χ1n) is 6.34. The number of carbonyl (C=O) groups excluding carboxylic acids is 1. The summed E-state index contributed by atoms with van der Waals surface area (Å²) in [5, 5.41) is 0. The van der Waals surface area contributed by atoms with Crippen LogP contribution in [0.5, 0.6) is 5.75 Å². The zero-order valence-corrected chi connectivity index (χ0v) is 11.4. The molecule has 1 aromatic carbocycles. The van der Waals surface area contributed by atoms with Crippen molar-refractivity contribution in [2.45, 2.75) is 27.7 Å². The van der Waals surface area contributed by atoms with Crippen molar-refractivity contribution < 1.29 is 9.53 Å². The summed E-state index contributed by atoms with van der Waals surface area (Å²) in [6.07, 6.45) is 2.18. The van der Waals surface area contributed by atoms with E-state index in [2.05, 4.69) is 33.8 Å². The molecular weight excluding hydrogens is 224 g/mol. The molecule has 2 heteroatoms. The van der Waals surface area contributed by atoms with E-state index in [9.17, 15) is 4.79 Å². The van der Waals surface area contributed by atoms with Gasteiger partial charge in [0.2, 0.25) is 0 Å². The monoisotopic (exact) mass is 244 g/mol. The van der Waals surface area contributed by atoms with Gasteiger partial charge in [0.1, 0.15) is 5.75 Å². The van der Waals surface area contributed by atoms with Crippen LogP contribution in [-0.4, -0.2) is 5.97 Å². The predicted molar refractivity (Wildman–Crippen MR) is 72.3 cm³/mol. The summed E-state index contributed by atoms with van der Waals surface area (Å²) in [7, 11) is 0. The van der Waals surface area contributed by atoms with E-state index in [0.29, 0.717) is 11.7 Å². The molecule has 0 radical (unpaired) electrons. The van der Waals surface area contributed by atoms with Crippen molar-refractivity contribution >= 4 is 5.97 Å². The number of esters is 1. The summed E-state index contributed by atoms with van der Waals surface area (Å²) < 4.78 is 5.42. The minimum absolute atomic E-state index is 0.0170. The largest absolute Gasteiger partial charge is 0.426 e. The maximum absolute atomic E-state index is 12.1. The first kappa shape index (κ1) is 12.9. The molecule has 96 valence electrons. The fourth-order valence-electron chi connectivity index (χ4n) is 2.47. The highest BCUT2D eigenvalue weighted by Gasteiger charge is 2.61. The average Bonchev–Trinajstić information content (AvgIpc) is 2.80. The van der Waals surface area contributed by atoms with Crippen LogP contribution in [0.1, 0.15) is 27.7 Å². The normalized spacial score (nSPS) is 24.2. The first-order chi connectivity index (χ1) is 8.43. The fraction of sp³-hybridized carbons (Fsp3) is 0.438. The molecule has 0 amide bonds. The van der Waals surface area contributed by atoms with Crippen LogP contribution in [0.3, 0.4) is 0 Å². The Labute approximate surface area is 109 Å². The lowest BCUT2D eigenvalue weighted by Gasteiger charge is -2.04. The molecule has 1 aromatic rings. The summed E-state index contributed by atoms with van der Waals surface area (Å²) >= 11 is 0. The predicted octanol–water partition coefficient (Wildman–Crippen LogP) is 3.83. The van der Waals surface area contributed by atoms with Gasteiger partial charge >= 0.3 is 5.97 Å². The summed E-state index contributed by atoms with van der Waals surface area (Å²) in [5.41, 5.74) is 1.27. The lowest BCUT2D eigenvalue weighted by Crippen LogP contribution is -2.13. The van der Waals surface area contributed by atoms with Crippen LogP contribution in [-0.2, 0) is 4.79 Å². The molecule has 2 rings (SSSR count). The van der Waals surface area contributed by atoms with Crippen molar-refractivity contribution in [2.75, 3.05) is 0 Å². The Balaban J connectivity index is 2.05. The quantitative estimate of drug-likeness (QED) is 0.459. The zero-order chi connectivity index (χ0) is 13.3. The van der Waals surface area contributed by atoms with Crippen LogP contribution < -0.4 is 4.74 Å². The van der Waals surface area contributed by atoms with Gasteiger partial charge in [-0.05, 0) is 37.3 Å². The maximum atomic E-state index is 12.1. The van der Waals surface area contributed by atoms with E-state index >= 15 is 0 Å². The Morgan fingerprint density at radius 2 is 1.83 bits per heavy atom. The van der Waals surface area contributed by atoms with Crippen LogP contribution in [0.25, 0.3) is 0 Å². The van der Waals surface area contributed by atoms with Crippen LogP contribution >= 0.6 is 0 Å². The number of carbonyl (C=O) groups is 1. The molecule has 0 aliphatic heterocycles. The van der Waals surface area contributed by atoms with Crippen LogP contribution in [0.4, 0.5) is 0 Å². The third-order valence-electron chi connectivity index (χ3n) is 3.64. The van der Waals surface area contributed by atoms with Crippen molar-refractivity contribution in [2.24, 2.45) is 17.3 Å². The van der Waals surface area contributed by atoms with Gasteiger partial charge < -0.3 is 4.74 Å². The van der Waals surface area contributed by atoms with Gasteiger partial charge in [-0.1, -0.05) is 43.7 Å². The molecule has 18 heavy (non-hydrogen) atoms. The zero-order valence-electron chi connectivity index (χ0n) is 11.4. The molecule has 0 N–H and O–H groups in total. The van der Waals surface area contributed by atoms with E-state index in [1.165, 1.54) is 5.57 Å². The lowest BCUT2D eigenvalue weighted by molar-refractivity contribution is -0.136. The van der Waals surface area contributed by atoms with Crippen molar-refractivity contribution in [1.82, 2.24) is 0 Å². The number of para-hydroxylation sites is 1. The van der Waals surface area contributed by atoms with Crippen LogP contribution in [0, 0.1) is 17.3 Å². The first-order valence-corrected chi connectivity index (χ1v) is 6.34. The van der Waals surface area contributed by atoms with Crippen molar-refractivity contribution in [3.8, 4) is 5.75 Å². The third-order valence-corrected chi connectivity index (χ3v) is 3.64. The molecular formula is C16H20O2. The fourth-order valence-corrected chi connectivity index (χ4v) is 2.47. The lowest BCUT2D eigenvalue weighted by atomic mass is 10.1. The Morgan fingerprint density at radius 1 is 1.22 bits per heavy atom. The minimum Gasteiger partial charge on any atom is -0.426 e. The number of allylic oxidation sites excluding steroid dienone is 2. The molecule has 0 heterocycles. The van der Waals surface area contributed by atoms with Crippen LogP contribution in [0.2, 0.25) is 0 Å². The highest BCUT2D eigenvalue weighted by molar-refractivity contribution is 5.80. The molecule has 1 saturated carbocycles. The Kier molecular flexibility index (Phi) is 3.29. The Morgan fingerprint density at radius 3 is 2.39 bits per heavy atom. The second-order valence-corrected chi connectivity index (χ2v) is 5.80. The average molecular weight is 244 g/mol. The second-order valence-electron chi connectivity index (χ2n) is 5.80. The minimum atomic E-state index is -0.117. The summed E-state index contributed by atoms with van der Waals surface area (Å²) in [5.74, 6) is 0.793. The second kappa shape index (κ2) is 4.60. The van der Waals surface area contributed by atoms with E-state index in [4.69, 9.17) is 4.74 Å². The molecule has 0 aromatic heterocycles. The number of hydrogen-bond acceptors (Lipinski definition) is 2. The van der Waals surface area contributed by atoms with Crippen molar-refractivity contribution in [3.05, 3.63) is 42.0 Å². The summed E-state index contributed by atoms with van der Waals surface area (Å²) in [6.45, 7) is 8.37. The molecule has 1 aliphatic carbocycles. The Bertz CT molecular complexity index is 467. The van der Waals surface area contributed by atoms with Crippen LogP contribution in [0.15, 0.2) is 42.0 Å². The van der Waals surface area contributed by atoms with E-state index in [1.807, 2.05) is 30.3 Å². The highest BCUT2D eigenvalue weighted by atomic mass is 16.5. The maximum Gasteiger partial charge on any atom is 0.315 e. The van der Waals surface area contributed by atoms with Gasteiger partial charge in [0.05, 0.1) is 5.92 Å². The van der Waals surface area contributed by atoms with E-state index in [0.717, 1.165) is 0 Å². The molecule has 0 saturated heterocycles. The van der Waals surface area contributed by atoms with Gasteiger partial charge in [0, 0.05) is 0 Å². The van der Waals surface area contributed by atoms with Gasteiger partial charge in [-0.25, -0.2) is 0 Å². The van der Waals surface area contributed by atoms with E-state index in [1.54, 1.807) is 0 Å². The molecule has 1 fully saturated rings. The van der Waals surface area contributed by atoms with Gasteiger partial charge in [-0.3, -0.25) is 4.79 Å². The SMILES string of the molecule is CC(C)=CC1C(C(=O)Oc2ccccc2)C1(C)C. The van der Waals surface area contributed by atoms with Gasteiger partial charge in [0.25, 0.3) is 0 Å². The number of rotatable bonds is 3. The topological polar surface area (TPSA) is 26.3 Å². The summed E-state index contributed by atoms with van der Waals surface area (Å²) in [4.78, 5) is 12.1. The van der Waals surface area contributed by atoms with Crippen molar-refractivity contribution in [1.29, 1.82) is 0 Å². The summed E-state index contributed by atoms with van der Waals surface area (Å²) in [6, 6.07) is 9.26. The third kappa shape index (κ3) is 2.47. The number of benzene rings is 1. The molecule has 2 unspecified atom stereocenters. The molecule has 2 atom stereocenters. The molecule has 1 aliphatic rings. The van der Waals surface area contributed by atoms with Gasteiger partial charge in [-0.2, -0.15) is 0 Å². The number of hydrogen-bond donors (Lipinski definition) is 0. The van der Waals surface area contributed by atoms with Gasteiger partial charge in [-0.15, -0.1) is 0 Å². The molecule has 0 bridgehead atoms. The highest BCUT2D eigenvalue weighted by Crippen LogP contribution is 2.59. The molecule has 0 spiro atoms. The Hall–Kier alpha value is -1.57. The standard InChI is InChI=1S/C16H20O2/c1-11(2)10-13-14(16(13,3)4)15(17)18-12-8-6-5-7-9-12/h5-10,13-14H,1-4H3. The van der Waals surface area contributed by atoms with Crippen molar-refractivity contribution in [3.63, 3.8) is 0 Å². The smallest absolute Gasteiger partial charge is 0.315 e.